The number of rotatable bonds is 5. The highest BCUT2D eigenvalue weighted by atomic mass is 16.4. The number of benzene rings is 1. The largest absolute Gasteiger partial charge is 0.477 e. The van der Waals surface area contributed by atoms with Gasteiger partial charge < -0.3 is 16.2 Å². The molecule has 0 aliphatic rings. The van der Waals surface area contributed by atoms with Crippen molar-refractivity contribution in [2.24, 2.45) is 5.73 Å². The third-order valence-electron chi connectivity index (χ3n) is 2.62. The first-order valence-electron chi connectivity index (χ1n) is 5.73. The third-order valence-corrected chi connectivity index (χ3v) is 2.62. The van der Waals surface area contributed by atoms with E-state index in [1.807, 2.05) is 12.1 Å². The average molecular weight is 259 g/mol. The van der Waals surface area contributed by atoms with Crippen LogP contribution in [0.25, 0.3) is 10.9 Å². The predicted octanol–water partition coefficient (Wildman–Crippen LogP) is 1.22. The van der Waals surface area contributed by atoms with Crippen molar-refractivity contribution in [2.45, 2.75) is 6.42 Å². The highest BCUT2D eigenvalue weighted by Crippen LogP contribution is 2.23. The van der Waals surface area contributed by atoms with Crippen molar-refractivity contribution < 1.29 is 14.7 Å². The highest BCUT2D eigenvalue weighted by Gasteiger charge is 2.10. The number of hydrogen-bond donors (Lipinski definition) is 3. The lowest BCUT2D eigenvalue weighted by atomic mass is 10.1. The molecule has 19 heavy (non-hydrogen) atoms. The van der Waals surface area contributed by atoms with Crippen LogP contribution >= 0.6 is 0 Å². The Morgan fingerprint density at radius 3 is 2.74 bits per heavy atom. The van der Waals surface area contributed by atoms with Crippen LogP contribution in [0.15, 0.2) is 30.3 Å². The maximum absolute atomic E-state index is 11.0. The van der Waals surface area contributed by atoms with Crippen molar-refractivity contribution in [2.75, 3.05) is 11.9 Å². The van der Waals surface area contributed by atoms with Crippen molar-refractivity contribution in [3.63, 3.8) is 0 Å². The zero-order valence-electron chi connectivity index (χ0n) is 10.1. The van der Waals surface area contributed by atoms with E-state index in [2.05, 4.69) is 10.3 Å². The maximum Gasteiger partial charge on any atom is 0.354 e. The summed E-state index contributed by atoms with van der Waals surface area (Å²) in [4.78, 5) is 25.8. The van der Waals surface area contributed by atoms with E-state index in [1.165, 1.54) is 6.07 Å². The second kappa shape index (κ2) is 5.34. The molecule has 0 spiro atoms. The summed E-state index contributed by atoms with van der Waals surface area (Å²) >= 11 is 0. The first-order chi connectivity index (χ1) is 9.08. The van der Waals surface area contributed by atoms with E-state index in [1.54, 1.807) is 12.1 Å². The van der Waals surface area contributed by atoms with Crippen molar-refractivity contribution in [3.8, 4) is 0 Å². The fourth-order valence-electron chi connectivity index (χ4n) is 1.75. The van der Waals surface area contributed by atoms with Gasteiger partial charge >= 0.3 is 5.97 Å². The van der Waals surface area contributed by atoms with Gasteiger partial charge in [-0.25, -0.2) is 9.78 Å². The second-order valence-electron chi connectivity index (χ2n) is 4.02. The number of aromatic nitrogens is 1. The number of fused-ring (bicyclic) bond motifs is 1. The number of carboxylic acid groups (broad SMARTS) is 1. The second-order valence-corrected chi connectivity index (χ2v) is 4.02. The molecule has 6 nitrogen and oxygen atoms in total. The summed E-state index contributed by atoms with van der Waals surface area (Å²) in [6, 6.07) is 8.64. The van der Waals surface area contributed by atoms with Crippen LogP contribution in [0.1, 0.15) is 16.9 Å². The van der Waals surface area contributed by atoms with Crippen LogP contribution in [-0.2, 0) is 4.79 Å². The minimum absolute atomic E-state index is 0.0414. The van der Waals surface area contributed by atoms with Gasteiger partial charge in [0.1, 0.15) is 0 Å². The van der Waals surface area contributed by atoms with Crippen LogP contribution in [0.5, 0.6) is 0 Å². The van der Waals surface area contributed by atoms with Crippen LogP contribution < -0.4 is 11.1 Å². The molecule has 0 aliphatic carbocycles. The molecule has 0 atom stereocenters. The summed E-state index contributed by atoms with van der Waals surface area (Å²) in [5.74, 6) is -1.51. The van der Waals surface area contributed by atoms with Crippen LogP contribution in [-0.4, -0.2) is 28.5 Å². The fourth-order valence-corrected chi connectivity index (χ4v) is 1.75. The van der Waals surface area contributed by atoms with Gasteiger partial charge in [-0.2, -0.15) is 0 Å². The fraction of sp³-hybridized carbons (Fsp3) is 0.154. The van der Waals surface area contributed by atoms with Gasteiger partial charge in [0.2, 0.25) is 5.91 Å². The smallest absolute Gasteiger partial charge is 0.354 e. The predicted molar refractivity (Wildman–Crippen MR) is 71.0 cm³/mol. The molecule has 0 bridgehead atoms. The molecule has 0 saturated heterocycles. The van der Waals surface area contributed by atoms with E-state index >= 15 is 0 Å². The van der Waals surface area contributed by atoms with E-state index in [9.17, 15) is 9.59 Å². The number of aromatic carboxylic acids is 1. The van der Waals surface area contributed by atoms with Crippen molar-refractivity contribution >= 4 is 28.5 Å². The van der Waals surface area contributed by atoms with Gasteiger partial charge in [0.15, 0.2) is 5.69 Å². The summed E-state index contributed by atoms with van der Waals surface area (Å²) in [5, 5.41) is 12.8. The Morgan fingerprint density at radius 1 is 1.32 bits per heavy atom. The number of para-hydroxylation sites is 1. The van der Waals surface area contributed by atoms with Crippen molar-refractivity contribution in [1.29, 1.82) is 0 Å². The third kappa shape index (κ3) is 2.98. The Morgan fingerprint density at radius 2 is 2.05 bits per heavy atom. The molecule has 1 aromatic heterocycles. The number of nitrogens with zero attached hydrogens (tertiary/aromatic N) is 1. The summed E-state index contributed by atoms with van der Waals surface area (Å²) < 4.78 is 0. The summed E-state index contributed by atoms with van der Waals surface area (Å²) in [6.07, 6.45) is 0.180. The van der Waals surface area contributed by atoms with Crippen molar-refractivity contribution in [3.05, 3.63) is 36.0 Å². The van der Waals surface area contributed by atoms with Crippen LogP contribution in [0.3, 0.4) is 0 Å². The van der Waals surface area contributed by atoms with Gasteiger partial charge in [-0.3, -0.25) is 4.79 Å². The Balaban J connectivity index is 2.38. The number of carboxylic acids is 1. The summed E-state index contributed by atoms with van der Waals surface area (Å²) in [7, 11) is 0. The lowest BCUT2D eigenvalue weighted by Crippen LogP contribution is -2.16. The first-order valence-corrected chi connectivity index (χ1v) is 5.73. The van der Waals surface area contributed by atoms with E-state index in [0.717, 1.165) is 5.39 Å². The Kier molecular flexibility index (Phi) is 3.61. The molecule has 1 heterocycles. The zero-order valence-corrected chi connectivity index (χ0v) is 10.1. The van der Waals surface area contributed by atoms with Crippen LogP contribution in [0, 0.1) is 0 Å². The van der Waals surface area contributed by atoms with Gasteiger partial charge in [0.05, 0.1) is 5.52 Å². The number of nitrogens with one attached hydrogen (secondary N) is 1. The van der Waals surface area contributed by atoms with Gasteiger partial charge in [-0.1, -0.05) is 18.2 Å². The maximum atomic E-state index is 11.0. The average Bonchev–Trinajstić information content (AvgIpc) is 2.38. The molecular weight excluding hydrogens is 246 g/mol. The Bertz CT molecular complexity index is 640. The van der Waals surface area contributed by atoms with Gasteiger partial charge in [0.25, 0.3) is 0 Å². The van der Waals surface area contributed by atoms with E-state index < -0.39 is 11.9 Å². The molecule has 2 rings (SSSR count). The molecule has 0 radical (unpaired) electrons. The molecule has 4 N–H and O–H groups in total. The number of pyridine rings is 1. The summed E-state index contributed by atoms with van der Waals surface area (Å²) in [6.45, 7) is 0.350. The molecular formula is C13H13N3O3. The number of nitrogens with two attached hydrogens (primary N) is 1. The molecule has 0 saturated carbocycles. The first kappa shape index (κ1) is 12.8. The number of anilines is 1. The minimum atomic E-state index is -1.09. The molecule has 1 aromatic carbocycles. The van der Waals surface area contributed by atoms with Crippen LogP contribution in [0.2, 0.25) is 0 Å². The number of primary amides is 1. The quantitative estimate of drug-likeness (QED) is 0.748. The normalized spacial score (nSPS) is 10.3. The van der Waals surface area contributed by atoms with Gasteiger partial charge in [-0.15, -0.1) is 0 Å². The molecule has 1 amide bonds. The lowest BCUT2D eigenvalue weighted by Gasteiger charge is -2.09. The molecule has 0 aliphatic heterocycles. The number of carbonyl (C=O) groups is 2. The van der Waals surface area contributed by atoms with Crippen LogP contribution in [0.4, 0.5) is 5.69 Å². The zero-order chi connectivity index (χ0) is 13.8. The lowest BCUT2D eigenvalue weighted by molar-refractivity contribution is -0.117. The van der Waals surface area contributed by atoms with E-state index in [0.29, 0.717) is 17.7 Å². The number of hydrogen-bond acceptors (Lipinski definition) is 4. The van der Waals surface area contributed by atoms with Gasteiger partial charge in [0, 0.05) is 24.0 Å². The Hall–Kier alpha value is -2.63. The summed E-state index contributed by atoms with van der Waals surface area (Å²) in [5.41, 5.74) is 6.24. The molecule has 0 unspecified atom stereocenters. The van der Waals surface area contributed by atoms with E-state index in [4.69, 9.17) is 10.8 Å². The highest BCUT2D eigenvalue weighted by molar-refractivity contribution is 5.97. The molecule has 6 heteroatoms. The number of carbonyl (C=O) groups excluding carboxylic acids is 1. The molecule has 0 fully saturated rings. The van der Waals surface area contributed by atoms with E-state index in [-0.39, 0.29) is 12.1 Å². The molecule has 98 valence electrons. The van der Waals surface area contributed by atoms with Crippen molar-refractivity contribution in [1.82, 2.24) is 4.98 Å². The minimum Gasteiger partial charge on any atom is -0.477 e. The SMILES string of the molecule is NC(=O)CCNc1cc(C(=O)O)nc2ccccc12. The van der Waals surface area contributed by atoms with Gasteiger partial charge in [-0.05, 0) is 12.1 Å². The number of amides is 1. The standard InChI is InChI=1S/C13H13N3O3/c14-12(17)5-6-15-10-7-11(13(18)19)16-9-4-2-1-3-8(9)10/h1-4,7H,5-6H2,(H2,14,17)(H,15,16)(H,18,19). The topological polar surface area (TPSA) is 105 Å². The monoisotopic (exact) mass is 259 g/mol. The Labute approximate surface area is 109 Å². The molecule has 2 aromatic rings.